The van der Waals surface area contributed by atoms with Crippen molar-refractivity contribution in [1.29, 1.82) is 5.41 Å². The van der Waals surface area contributed by atoms with E-state index >= 15 is 0 Å². The Labute approximate surface area is 236 Å². The molecule has 6 rings (SSSR count). The minimum atomic E-state index is -1.22. The smallest absolute Gasteiger partial charge is 0.291 e. The van der Waals surface area contributed by atoms with E-state index < -0.39 is 12.1 Å². The molecule has 11 heteroatoms. The van der Waals surface area contributed by atoms with Crippen molar-refractivity contribution < 1.29 is 14.3 Å². The molecule has 0 aliphatic carbocycles. The summed E-state index contributed by atoms with van der Waals surface area (Å²) in [4.78, 5) is 24.2. The summed E-state index contributed by atoms with van der Waals surface area (Å²) in [5.41, 5.74) is 11.1. The highest BCUT2D eigenvalue weighted by Crippen LogP contribution is 2.27. The summed E-state index contributed by atoms with van der Waals surface area (Å²) in [6.07, 6.45) is 2.34. The maximum Gasteiger partial charge on any atom is 0.291 e. The summed E-state index contributed by atoms with van der Waals surface area (Å²) in [5.74, 6) is -0.664. The number of ether oxygens (including phenoxy) is 2. The van der Waals surface area contributed by atoms with Gasteiger partial charge in [-0.2, -0.15) is 10.1 Å². The van der Waals surface area contributed by atoms with E-state index in [-0.39, 0.29) is 11.9 Å². The van der Waals surface area contributed by atoms with E-state index in [2.05, 4.69) is 25.3 Å². The maximum atomic E-state index is 13.1. The largest absolute Gasteiger partial charge is 0.407 e. The summed E-state index contributed by atoms with van der Waals surface area (Å²) >= 11 is 0. The van der Waals surface area contributed by atoms with Gasteiger partial charge in [0.15, 0.2) is 0 Å². The van der Waals surface area contributed by atoms with Crippen LogP contribution in [0.3, 0.4) is 0 Å². The number of amides is 1. The average Bonchev–Trinajstić information content (AvgIpc) is 3.51. The van der Waals surface area contributed by atoms with Crippen molar-refractivity contribution in [3.8, 4) is 5.69 Å². The second-order valence-corrected chi connectivity index (χ2v) is 9.40. The van der Waals surface area contributed by atoms with Crippen LogP contribution >= 0.6 is 0 Å². The summed E-state index contributed by atoms with van der Waals surface area (Å²) in [6, 6.07) is 24.1. The average molecular weight is 549 g/mol. The molecule has 4 aromatic rings. The van der Waals surface area contributed by atoms with Crippen LogP contribution in [0, 0.1) is 5.41 Å². The van der Waals surface area contributed by atoms with Crippen molar-refractivity contribution in [2.75, 3.05) is 36.5 Å². The van der Waals surface area contributed by atoms with Gasteiger partial charge in [-0.05, 0) is 30.3 Å². The van der Waals surface area contributed by atoms with Gasteiger partial charge in [-0.3, -0.25) is 10.2 Å². The molecule has 1 aromatic heterocycles. The van der Waals surface area contributed by atoms with Gasteiger partial charge in [-0.25, -0.2) is 9.67 Å². The predicted octanol–water partition coefficient (Wildman–Crippen LogP) is 3.18. The number of carbonyl (C=O) groups is 1. The minimum absolute atomic E-state index is 0.204. The number of benzene rings is 3. The third kappa shape index (κ3) is 5.56. The Morgan fingerprint density at radius 3 is 2.61 bits per heavy atom. The number of amidine groups is 1. The molecular formula is C30H28N8O3. The van der Waals surface area contributed by atoms with E-state index in [0.717, 1.165) is 22.5 Å². The Balaban J connectivity index is 1.30. The normalized spacial score (nSPS) is 17.2. The van der Waals surface area contributed by atoms with Gasteiger partial charge < -0.3 is 25.4 Å². The fourth-order valence-corrected chi connectivity index (χ4v) is 4.81. The van der Waals surface area contributed by atoms with E-state index in [1.807, 2.05) is 79.0 Å². The van der Waals surface area contributed by atoms with E-state index in [4.69, 9.17) is 20.6 Å². The first-order chi connectivity index (χ1) is 20.1. The molecule has 0 bridgehead atoms. The van der Waals surface area contributed by atoms with Crippen LogP contribution in [-0.2, 0) is 14.3 Å². The van der Waals surface area contributed by atoms with E-state index in [1.165, 1.54) is 0 Å². The highest BCUT2D eigenvalue weighted by Gasteiger charge is 2.26. The number of nitrogens with one attached hydrogen (secondary N) is 2. The lowest BCUT2D eigenvalue weighted by Gasteiger charge is -2.31. The Kier molecular flexibility index (Phi) is 7.25. The molecule has 1 fully saturated rings. The Morgan fingerprint density at radius 2 is 1.83 bits per heavy atom. The number of carbonyl (C=O) groups excluding carboxylic acids is 1. The van der Waals surface area contributed by atoms with Gasteiger partial charge in [0.05, 0.1) is 41.6 Å². The number of benzodiazepines with no additional fused rings is 1. The van der Waals surface area contributed by atoms with Gasteiger partial charge in [0.25, 0.3) is 11.9 Å². The molecule has 0 saturated carbocycles. The summed E-state index contributed by atoms with van der Waals surface area (Å²) in [5, 5.41) is 16.0. The highest BCUT2D eigenvalue weighted by molar-refractivity contribution is 6.19. The number of fused-ring (bicyclic) bond motifs is 1. The molecule has 1 unspecified atom stereocenters. The van der Waals surface area contributed by atoms with Gasteiger partial charge in [0.2, 0.25) is 12.1 Å². The second kappa shape index (κ2) is 11.4. The van der Waals surface area contributed by atoms with Crippen LogP contribution in [0.15, 0.2) is 101 Å². The monoisotopic (exact) mass is 548 g/mol. The molecule has 3 aromatic carbocycles. The topological polar surface area (TPSA) is 143 Å². The lowest BCUT2D eigenvalue weighted by atomic mass is 10.0. The predicted molar refractivity (Wildman–Crippen MR) is 157 cm³/mol. The van der Waals surface area contributed by atoms with E-state index in [0.29, 0.717) is 43.3 Å². The number of rotatable bonds is 5. The molecule has 1 saturated heterocycles. The van der Waals surface area contributed by atoms with Gasteiger partial charge >= 0.3 is 0 Å². The zero-order valence-electron chi connectivity index (χ0n) is 22.1. The van der Waals surface area contributed by atoms with Crippen molar-refractivity contribution >= 4 is 34.9 Å². The number of nitrogens with two attached hydrogens (primary N) is 1. The van der Waals surface area contributed by atoms with Crippen LogP contribution in [0.5, 0.6) is 0 Å². The Bertz CT molecular complexity index is 1630. The highest BCUT2D eigenvalue weighted by atomic mass is 16.5. The number of hydrogen-bond donors (Lipinski definition) is 3. The molecule has 3 heterocycles. The maximum absolute atomic E-state index is 13.1. The van der Waals surface area contributed by atoms with Crippen LogP contribution in [0.2, 0.25) is 0 Å². The van der Waals surface area contributed by atoms with Crippen molar-refractivity contribution in [1.82, 2.24) is 9.78 Å². The van der Waals surface area contributed by atoms with Crippen LogP contribution in [0.1, 0.15) is 16.7 Å². The fourth-order valence-electron chi connectivity index (χ4n) is 4.81. The second-order valence-electron chi connectivity index (χ2n) is 9.40. The first kappa shape index (κ1) is 26.0. The van der Waals surface area contributed by atoms with Gasteiger partial charge in [-0.1, -0.05) is 48.5 Å². The number of aromatic nitrogens is 2. The van der Waals surface area contributed by atoms with Crippen LogP contribution < -0.4 is 16.0 Å². The molecule has 2 aliphatic heterocycles. The third-order valence-corrected chi connectivity index (χ3v) is 6.78. The molecule has 11 nitrogen and oxygen atoms in total. The Morgan fingerprint density at radius 1 is 1.05 bits per heavy atom. The van der Waals surface area contributed by atoms with Crippen molar-refractivity contribution in [2.24, 2.45) is 15.7 Å². The van der Waals surface area contributed by atoms with E-state index in [1.54, 1.807) is 16.9 Å². The van der Waals surface area contributed by atoms with Crippen molar-refractivity contribution in [2.45, 2.75) is 6.17 Å². The summed E-state index contributed by atoms with van der Waals surface area (Å²) in [6.45, 7) is 2.46. The SMILES string of the molecule is N=C(OC(N)=NC1N=C(c2ccccc2)c2ccccc2NC1=O)c1ccc(-n2cccn2)cc1N1CCOCC1. The van der Waals surface area contributed by atoms with Crippen molar-refractivity contribution in [3.63, 3.8) is 0 Å². The van der Waals surface area contributed by atoms with Crippen LogP contribution in [0.25, 0.3) is 5.69 Å². The number of anilines is 2. The third-order valence-electron chi connectivity index (χ3n) is 6.78. The molecular weight excluding hydrogens is 520 g/mol. The molecule has 206 valence electrons. The van der Waals surface area contributed by atoms with E-state index in [9.17, 15) is 4.79 Å². The van der Waals surface area contributed by atoms with Crippen molar-refractivity contribution in [3.05, 3.63) is 108 Å². The standard InChI is InChI=1S/C30H28N8O3/c31-27(23-12-11-21(38-14-6-13-33-38)19-25(23)37-15-17-40-18-16-37)41-30(32)36-28-29(39)34-24-10-5-4-9-22(24)26(35-28)20-7-2-1-3-8-20/h1-14,19,28,31H,15-18H2,(H2,32,36)(H,34,39). The first-order valence-electron chi connectivity index (χ1n) is 13.2. The lowest BCUT2D eigenvalue weighted by Crippen LogP contribution is -2.37. The number of hydrogen-bond acceptors (Lipinski definition) is 8. The molecule has 4 N–H and O–H groups in total. The molecule has 1 atom stereocenters. The van der Waals surface area contributed by atoms with Gasteiger partial charge in [0.1, 0.15) is 0 Å². The zero-order valence-corrected chi connectivity index (χ0v) is 22.1. The molecule has 0 radical (unpaired) electrons. The first-order valence-corrected chi connectivity index (χ1v) is 13.2. The van der Waals surface area contributed by atoms with Gasteiger partial charge in [-0.15, -0.1) is 0 Å². The van der Waals surface area contributed by atoms with Gasteiger partial charge in [0, 0.05) is 36.6 Å². The van der Waals surface area contributed by atoms with Crippen LogP contribution in [-0.4, -0.2) is 65.8 Å². The minimum Gasteiger partial charge on any atom is -0.407 e. The Hall–Kier alpha value is -5.29. The molecule has 0 spiro atoms. The van der Waals surface area contributed by atoms with Crippen LogP contribution in [0.4, 0.5) is 11.4 Å². The number of morpholine rings is 1. The molecule has 41 heavy (non-hydrogen) atoms. The number of para-hydroxylation sites is 1. The summed E-state index contributed by atoms with van der Waals surface area (Å²) in [7, 11) is 0. The lowest BCUT2D eigenvalue weighted by molar-refractivity contribution is -0.117. The summed E-state index contributed by atoms with van der Waals surface area (Å²) < 4.78 is 13.0. The fraction of sp³-hybridized carbons (Fsp3) is 0.167. The number of nitrogens with zero attached hydrogens (tertiary/aromatic N) is 5. The quantitative estimate of drug-likeness (QED) is 0.258. The molecule has 1 amide bonds. The number of aliphatic imine (C=N–C) groups is 2. The molecule has 2 aliphatic rings. The zero-order chi connectivity index (χ0) is 28.2.